The lowest BCUT2D eigenvalue weighted by Gasteiger charge is -2.18. The lowest BCUT2D eigenvalue weighted by atomic mass is 10.3. The average Bonchev–Trinajstić information content (AvgIpc) is 3.23. The monoisotopic (exact) mass is 435 g/mol. The summed E-state index contributed by atoms with van der Waals surface area (Å²) >= 11 is 0. The molecule has 9 nitrogen and oxygen atoms in total. The van der Waals surface area contributed by atoms with Gasteiger partial charge in [0.05, 0.1) is 33.6 Å². The van der Waals surface area contributed by atoms with Gasteiger partial charge < -0.3 is 0 Å². The predicted octanol–water partition coefficient (Wildman–Crippen LogP) is 2.10. The van der Waals surface area contributed by atoms with E-state index in [4.69, 9.17) is 0 Å². The van der Waals surface area contributed by atoms with E-state index in [1.807, 2.05) is 0 Å². The topological polar surface area (TPSA) is 114 Å². The number of para-hydroxylation sites is 2. The maximum atomic E-state index is 12.8. The zero-order valence-electron chi connectivity index (χ0n) is 15.9. The highest BCUT2D eigenvalue weighted by molar-refractivity contribution is 7.92. The van der Waals surface area contributed by atoms with Crippen LogP contribution >= 0.6 is 0 Å². The van der Waals surface area contributed by atoms with Crippen LogP contribution in [0.2, 0.25) is 0 Å². The van der Waals surface area contributed by atoms with Crippen LogP contribution in [0.3, 0.4) is 0 Å². The number of nitrogens with zero attached hydrogens (tertiary/aromatic N) is 4. The highest BCUT2D eigenvalue weighted by Crippen LogP contribution is 2.24. The van der Waals surface area contributed by atoms with Crippen molar-refractivity contribution in [1.82, 2.24) is 19.3 Å². The van der Waals surface area contributed by atoms with Crippen LogP contribution in [0.15, 0.2) is 70.7 Å². The highest BCUT2D eigenvalue weighted by Gasteiger charge is 2.23. The Morgan fingerprint density at radius 2 is 1.55 bits per heavy atom. The van der Waals surface area contributed by atoms with Crippen LogP contribution in [-0.4, -0.2) is 49.2 Å². The first-order valence-corrected chi connectivity index (χ1v) is 11.8. The summed E-state index contributed by atoms with van der Waals surface area (Å²) in [6, 6.07) is 11.9. The van der Waals surface area contributed by atoms with Crippen molar-refractivity contribution in [2.24, 2.45) is 0 Å². The van der Waals surface area contributed by atoms with E-state index in [0.717, 1.165) is 0 Å². The minimum atomic E-state index is -3.94. The molecule has 29 heavy (non-hydrogen) atoms. The Labute approximate surface area is 170 Å². The van der Waals surface area contributed by atoms with E-state index in [1.165, 1.54) is 39.4 Å². The molecule has 3 aromatic rings. The highest BCUT2D eigenvalue weighted by atomic mass is 32.2. The van der Waals surface area contributed by atoms with Gasteiger partial charge in [-0.2, -0.15) is 4.31 Å². The number of hydrogen-bond acceptors (Lipinski definition) is 6. The van der Waals surface area contributed by atoms with Crippen molar-refractivity contribution >= 4 is 25.7 Å². The molecule has 3 rings (SSSR count). The first-order valence-electron chi connectivity index (χ1n) is 8.88. The summed E-state index contributed by atoms with van der Waals surface area (Å²) in [4.78, 5) is -0.00689. The summed E-state index contributed by atoms with van der Waals surface area (Å²) in [5, 5.41) is 7.61. The van der Waals surface area contributed by atoms with E-state index >= 15 is 0 Å². The summed E-state index contributed by atoms with van der Waals surface area (Å²) in [6.45, 7) is 4.16. The molecule has 0 saturated heterocycles. The van der Waals surface area contributed by atoms with Crippen molar-refractivity contribution in [2.75, 3.05) is 17.8 Å². The van der Waals surface area contributed by atoms with Gasteiger partial charge >= 0.3 is 0 Å². The van der Waals surface area contributed by atoms with Gasteiger partial charge in [0.25, 0.3) is 10.0 Å². The van der Waals surface area contributed by atoms with Gasteiger partial charge in [0.2, 0.25) is 10.0 Å². The molecule has 1 heterocycles. The van der Waals surface area contributed by atoms with E-state index in [1.54, 1.807) is 44.3 Å². The van der Waals surface area contributed by atoms with Crippen LogP contribution in [-0.2, 0) is 20.0 Å². The fourth-order valence-electron chi connectivity index (χ4n) is 2.80. The second-order valence-corrected chi connectivity index (χ2v) is 9.65. The van der Waals surface area contributed by atoms with E-state index in [9.17, 15) is 16.8 Å². The fraction of sp³-hybridized carbons (Fsp3) is 0.222. The Morgan fingerprint density at radius 3 is 2.14 bits per heavy atom. The molecule has 0 aliphatic carbocycles. The Bertz CT molecular complexity index is 1170. The Balaban J connectivity index is 1.90. The van der Waals surface area contributed by atoms with Crippen molar-refractivity contribution in [1.29, 1.82) is 0 Å². The van der Waals surface area contributed by atoms with Gasteiger partial charge in [-0.25, -0.2) is 21.5 Å². The molecule has 0 radical (unpaired) electrons. The van der Waals surface area contributed by atoms with Crippen molar-refractivity contribution < 1.29 is 16.8 Å². The van der Waals surface area contributed by atoms with Crippen LogP contribution in [0.1, 0.15) is 13.8 Å². The van der Waals surface area contributed by atoms with Crippen molar-refractivity contribution in [3.63, 3.8) is 0 Å². The number of rotatable bonds is 8. The molecule has 11 heteroatoms. The number of benzene rings is 2. The predicted molar refractivity (Wildman–Crippen MR) is 109 cm³/mol. The molecule has 2 aromatic carbocycles. The van der Waals surface area contributed by atoms with E-state index < -0.39 is 20.0 Å². The number of aromatic nitrogens is 3. The van der Waals surface area contributed by atoms with Gasteiger partial charge in [-0.3, -0.25) is 4.72 Å². The van der Waals surface area contributed by atoms with E-state index in [-0.39, 0.29) is 9.79 Å². The SMILES string of the molecule is CCN(CC)S(=O)(=O)c1ccc(S(=O)(=O)Nc2ccccc2-n2ccnn2)cc1. The summed E-state index contributed by atoms with van der Waals surface area (Å²) in [5.74, 6) is 0. The summed E-state index contributed by atoms with van der Waals surface area (Å²) in [7, 11) is -7.60. The number of nitrogens with one attached hydrogen (secondary N) is 1. The molecule has 1 aromatic heterocycles. The van der Waals surface area contributed by atoms with E-state index in [0.29, 0.717) is 24.5 Å². The molecule has 0 unspecified atom stereocenters. The van der Waals surface area contributed by atoms with Crippen molar-refractivity contribution in [3.05, 3.63) is 60.9 Å². The minimum Gasteiger partial charge on any atom is -0.277 e. The lowest BCUT2D eigenvalue weighted by molar-refractivity contribution is 0.445. The Morgan fingerprint density at radius 1 is 0.931 bits per heavy atom. The smallest absolute Gasteiger partial charge is 0.261 e. The molecule has 1 N–H and O–H groups in total. The third kappa shape index (κ3) is 4.31. The first-order chi connectivity index (χ1) is 13.8. The van der Waals surface area contributed by atoms with E-state index in [2.05, 4.69) is 15.0 Å². The quantitative estimate of drug-likeness (QED) is 0.579. The maximum absolute atomic E-state index is 12.8. The van der Waals surface area contributed by atoms with Crippen molar-refractivity contribution in [3.8, 4) is 5.69 Å². The largest absolute Gasteiger partial charge is 0.277 e. The van der Waals surface area contributed by atoms with Crippen LogP contribution < -0.4 is 4.72 Å². The minimum absolute atomic E-state index is 0.0446. The average molecular weight is 436 g/mol. The Hall–Kier alpha value is -2.76. The zero-order valence-corrected chi connectivity index (χ0v) is 17.6. The third-order valence-electron chi connectivity index (χ3n) is 4.29. The van der Waals surface area contributed by atoms with Crippen LogP contribution in [0.5, 0.6) is 0 Å². The van der Waals surface area contributed by atoms with Gasteiger partial charge in [0.15, 0.2) is 0 Å². The van der Waals surface area contributed by atoms with Gasteiger partial charge in [-0.15, -0.1) is 5.10 Å². The molecule has 0 fully saturated rings. The summed E-state index contributed by atoms with van der Waals surface area (Å²) in [6.07, 6.45) is 3.08. The van der Waals surface area contributed by atoms with Crippen LogP contribution in [0.25, 0.3) is 5.69 Å². The molecular weight excluding hydrogens is 414 g/mol. The second-order valence-electron chi connectivity index (χ2n) is 6.03. The zero-order chi connectivity index (χ0) is 21.1. The molecule has 0 amide bonds. The van der Waals surface area contributed by atoms with Gasteiger partial charge in [0, 0.05) is 13.1 Å². The van der Waals surface area contributed by atoms with Crippen LogP contribution in [0.4, 0.5) is 5.69 Å². The molecule has 154 valence electrons. The van der Waals surface area contributed by atoms with Crippen LogP contribution in [0, 0.1) is 0 Å². The van der Waals surface area contributed by atoms with Gasteiger partial charge in [0.1, 0.15) is 0 Å². The number of sulfonamides is 2. The van der Waals surface area contributed by atoms with Gasteiger partial charge in [-0.05, 0) is 36.4 Å². The third-order valence-corrected chi connectivity index (χ3v) is 7.74. The molecule has 0 aliphatic rings. The summed E-state index contributed by atoms with van der Waals surface area (Å²) < 4.78 is 56.0. The van der Waals surface area contributed by atoms with Gasteiger partial charge in [-0.1, -0.05) is 31.2 Å². The molecule has 0 bridgehead atoms. The summed E-state index contributed by atoms with van der Waals surface area (Å²) in [5.41, 5.74) is 0.826. The molecular formula is C18H21N5O4S2. The number of anilines is 1. The van der Waals surface area contributed by atoms with Crippen molar-refractivity contribution in [2.45, 2.75) is 23.6 Å². The number of hydrogen-bond donors (Lipinski definition) is 1. The normalized spacial score (nSPS) is 12.2. The Kier molecular flexibility index (Phi) is 6.01. The molecule has 0 spiro atoms. The first kappa shape index (κ1) is 21.0. The maximum Gasteiger partial charge on any atom is 0.261 e. The molecule has 0 saturated carbocycles. The fourth-order valence-corrected chi connectivity index (χ4v) is 5.34. The molecule has 0 aliphatic heterocycles. The molecule has 0 atom stereocenters. The lowest BCUT2D eigenvalue weighted by Crippen LogP contribution is -2.30. The second kappa shape index (κ2) is 8.31. The standard InChI is InChI=1S/C18H21N5O4S2/c1-3-22(4-2)29(26,27)16-11-9-15(10-12-16)28(24,25)20-17-7-5-6-8-18(17)23-14-13-19-21-23/h5-14,20H,3-4H2,1-2H3.